The molecule has 0 aliphatic heterocycles. The van der Waals surface area contributed by atoms with Crippen molar-refractivity contribution >= 4 is 11.6 Å². The number of carbonyl (C=O) groups is 1. The van der Waals surface area contributed by atoms with E-state index in [9.17, 15) is 23.7 Å². The van der Waals surface area contributed by atoms with Gasteiger partial charge in [0.1, 0.15) is 5.56 Å². The Balaban J connectivity index is 3.35. The van der Waals surface area contributed by atoms with Crippen LogP contribution in [0.2, 0.25) is 0 Å². The highest BCUT2D eigenvalue weighted by molar-refractivity contribution is 5.98. The number of rotatable bonds is 4. The summed E-state index contributed by atoms with van der Waals surface area (Å²) in [5.74, 6) is -3.37. The molecule has 1 aromatic carbocycles. The van der Waals surface area contributed by atoms with Gasteiger partial charge in [0.05, 0.1) is 11.0 Å². The van der Waals surface area contributed by atoms with Crippen molar-refractivity contribution in [1.82, 2.24) is 4.90 Å². The Labute approximate surface area is 115 Å². The minimum absolute atomic E-state index is 0.426. The second kappa shape index (κ2) is 5.52. The average Bonchev–Trinajstić information content (AvgIpc) is 2.39. The molecule has 0 bridgehead atoms. The third-order valence-corrected chi connectivity index (χ3v) is 3.54. The van der Waals surface area contributed by atoms with Gasteiger partial charge in [-0.3, -0.25) is 14.9 Å². The van der Waals surface area contributed by atoms with Crippen LogP contribution in [-0.2, 0) is 0 Å². The number of amides is 1. The van der Waals surface area contributed by atoms with Crippen LogP contribution in [0.3, 0.4) is 0 Å². The third kappa shape index (κ3) is 2.92. The number of carbonyl (C=O) groups excluding carboxylic acids is 1. The van der Waals surface area contributed by atoms with Crippen LogP contribution in [0.25, 0.3) is 0 Å². The molecule has 0 aliphatic rings. The first-order valence-electron chi connectivity index (χ1n) is 6.03. The Kier molecular flexibility index (Phi) is 4.42. The van der Waals surface area contributed by atoms with Crippen molar-refractivity contribution < 1.29 is 18.5 Å². The zero-order valence-corrected chi connectivity index (χ0v) is 11.7. The Hall–Kier alpha value is -2.05. The predicted molar refractivity (Wildman–Crippen MR) is 69.5 cm³/mol. The van der Waals surface area contributed by atoms with Crippen LogP contribution in [0.4, 0.5) is 14.5 Å². The van der Waals surface area contributed by atoms with Crippen LogP contribution < -0.4 is 0 Å². The molecule has 0 heterocycles. The van der Waals surface area contributed by atoms with E-state index in [0.717, 1.165) is 0 Å². The lowest BCUT2D eigenvalue weighted by Gasteiger charge is -2.34. The van der Waals surface area contributed by atoms with Gasteiger partial charge < -0.3 is 4.90 Å². The molecule has 1 rings (SSSR count). The van der Waals surface area contributed by atoms with Crippen LogP contribution in [0.1, 0.15) is 37.6 Å². The molecule has 0 radical (unpaired) electrons. The fourth-order valence-electron chi connectivity index (χ4n) is 1.55. The molecule has 0 fully saturated rings. The van der Waals surface area contributed by atoms with E-state index in [4.69, 9.17) is 0 Å². The van der Waals surface area contributed by atoms with E-state index in [-0.39, 0.29) is 0 Å². The molecule has 0 aromatic heterocycles. The van der Waals surface area contributed by atoms with E-state index in [1.165, 1.54) is 11.9 Å². The maximum absolute atomic E-state index is 13.3. The molecule has 1 amide bonds. The summed E-state index contributed by atoms with van der Waals surface area (Å²) in [6.07, 6.45) is 0.604. The number of nitro benzene ring substituents is 1. The Morgan fingerprint density at radius 1 is 1.35 bits per heavy atom. The minimum atomic E-state index is -1.36. The summed E-state index contributed by atoms with van der Waals surface area (Å²) < 4.78 is 26.3. The van der Waals surface area contributed by atoms with E-state index >= 15 is 0 Å². The Morgan fingerprint density at radius 3 is 2.30 bits per heavy atom. The molecule has 0 N–H and O–H groups in total. The van der Waals surface area contributed by atoms with Gasteiger partial charge in [0.2, 0.25) is 0 Å². The van der Waals surface area contributed by atoms with Gasteiger partial charge in [-0.2, -0.15) is 0 Å². The monoisotopic (exact) mass is 286 g/mol. The predicted octanol–water partition coefficient (Wildman–Crippen LogP) is 3.13. The number of nitrogens with zero attached hydrogens (tertiary/aromatic N) is 2. The van der Waals surface area contributed by atoms with E-state index in [0.29, 0.717) is 18.6 Å². The second-order valence-corrected chi connectivity index (χ2v) is 5.07. The largest absolute Gasteiger partial charge is 0.336 e. The average molecular weight is 286 g/mol. The van der Waals surface area contributed by atoms with Crippen molar-refractivity contribution in [3.8, 4) is 0 Å². The maximum atomic E-state index is 13.3. The summed E-state index contributed by atoms with van der Waals surface area (Å²) in [5, 5.41) is 10.9. The van der Waals surface area contributed by atoms with Crippen molar-refractivity contribution in [2.75, 3.05) is 7.05 Å². The zero-order chi connectivity index (χ0) is 15.7. The van der Waals surface area contributed by atoms with Gasteiger partial charge in [-0.05, 0) is 26.3 Å². The van der Waals surface area contributed by atoms with Crippen molar-refractivity contribution in [3.05, 3.63) is 39.4 Å². The Morgan fingerprint density at radius 2 is 1.85 bits per heavy atom. The molecule has 110 valence electrons. The summed E-state index contributed by atoms with van der Waals surface area (Å²) in [4.78, 5) is 23.5. The summed E-state index contributed by atoms with van der Waals surface area (Å²) in [6.45, 7) is 5.40. The highest BCUT2D eigenvalue weighted by Crippen LogP contribution is 2.26. The van der Waals surface area contributed by atoms with Crippen LogP contribution in [0, 0.1) is 21.7 Å². The normalized spacial score (nSPS) is 11.3. The quantitative estimate of drug-likeness (QED) is 0.631. The van der Waals surface area contributed by atoms with Crippen LogP contribution >= 0.6 is 0 Å². The molecule has 0 aliphatic carbocycles. The SMILES string of the molecule is CCC(C)(C)N(C)C(=O)c1cc(F)c(F)cc1[N+](=O)[O-]. The van der Waals surface area contributed by atoms with Crippen LogP contribution in [0.5, 0.6) is 0 Å². The van der Waals surface area contributed by atoms with Crippen molar-refractivity contribution in [1.29, 1.82) is 0 Å². The fourth-order valence-corrected chi connectivity index (χ4v) is 1.55. The van der Waals surface area contributed by atoms with Gasteiger partial charge in [0, 0.05) is 12.6 Å². The zero-order valence-electron chi connectivity index (χ0n) is 11.7. The minimum Gasteiger partial charge on any atom is -0.336 e. The first-order chi connectivity index (χ1) is 9.11. The number of nitro groups is 1. The van der Waals surface area contributed by atoms with E-state index in [1.807, 2.05) is 6.92 Å². The lowest BCUT2D eigenvalue weighted by Crippen LogP contribution is -2.44. The van der Waals surface area contributed by atoms with Crippen molar-refractivity contribution in [3.63, 3.8) is 0 Å². The lowest BCUT2D eigenvalue weighted by molar-refractivity contribution is -0.385. The third-order valence-electron chi connectivity index (χ3n) is 3.54. The van der Waals surface area contributed by atoms with Crippen molar-refractivity contribution in [2.45, 2.75) is 32.7 Å². The van der Waals surface area contributed by atoms with E-state index in [1.54, 1.807) is 13.8 Å². The second-order valence-electron chi connectivity index (χ2n) is 5.07. The molecule has 0 spiro atoms. The first kappa shape index (κ1) is 16.0. The number of halogens is 2. The summed E-state index contributed by atoms with van der Waals surface area (Å²) in [6, 6.07) is 0.993. The van der Waals surface area contributed by atoms with Gasteiger partial charge in [-0.1, -0.05) is 6.92 Å². The molecular formula is C13H16F2N2O3. The highest BCUT2D eigenvalue weighted by Gasteiger charge is 2.32. The first-order valence-corrected chi connectivity index (χ1v) is 6.03. The topological polar surface area (TPSA) is 63.5 Å². The molecule has 0 saturated carbocycles. The molecular weight excluding hydrogens is 270 g/mol. The molecule has 1 aromatic rings. The molecule has 0 saturated heterocycles. The molecule has 0 atom stereocenters. The van der Waals surface area contributed by atoms with Gasteiger partial charge >= 0.3 is 0 Å². The standard InChI is InChI=1S/C13H16F2N2O3/c1-5-13(2,3)16(4)12(18)8-6-9(14)10(15)7-11(8)17(19)20/h6-7H,5H2,1-4H3. The van der Waals surface area contributed by atoms with Gasteiger partial charge in [-0.15, -0.1) is 0 Å². The van der Waals surface area contributed by atoms with Crippen molar-refractivity contribution in [2.24, 2.45) is 0 Å². The van der Waals surface area contributed by atoms with Crippen LogP contribution in [0.15, 0.2) is 12.1 Å². The fraction of sp³-hybridized carbons (Fsp3) is 0.462. The smallest absolute Gasteiger partial charge is 0.285 e. The lowest BCUT2D eigenvalue weighted by atomic mass is 9.98. The summed E-state index contributed by atoms with van der Waals surface area (Å²) >= 11 is 0. The molecule has 0 unspecified atom stereocenters. The number of benzene rings is 1. The summed E-state index contributed by atoms with van der Waals surface area (Å²) in [5.41, 5.74) is -1.76. The van der Waals surface area contributed by atoms with Gasteiger partial charge in [0.25, 0.3) is 11.6 Å². The molecule has 7 heteroatoms. The number of hydrogen-bond acceptors (Lipinski definition) is 3. The summed E-state index contributed by atoms with van der Waals surface area (Å²) in [7, 11) is 1.47. The van der Waals surface area contributed by atoms with Gasteiger partial charge in [0.15, 0.2) is 11.6 Å². The molecule has 20 heavy (non-hydrogen) atoms. The van der Waals surface area contributed by atoms with E-state index < -0.39 is 39.3 Å². The maximum Gasteiger partial charge on any atom is 0.285 e. The highest BCUT2D eigenvalue weighted by atomic mass is 19.2. The Bertz CT molecular complexity index is 559. The van der Waals surface area contributed by atoms with Gasteiger partial charge in [-0.25, -0.2) is 8.78 Å². The van der Waals surface area contributed by atoms with E-state index in [2.05, 4.69) is 0 Å². The molecule has 5 nitrogen and oxygen atoms in total. The van der Waals surface area contributed by atoms with Crippen LogP contribution in [-0.4, -0.2) is 28.3 Å². The number of hydrogen-bond donors (Lipinski definition) is 0.